The highest BCUT2D eigenvalue weighted by Crippen LogP contribution is 2.50. The van der Waals surface area contributed by atoms with E-state index in [4.69, 9.17) is 21.7 Å². The van der Waals surface area contributed by atoms with Gasteiger partial charge in [-0.05, 0) is 49.3 Å². The Labute approximate surface area is 232 Å². The van der Waals surface area contributed by atoms with Crippen LogP contribution in [0.15, 0.2) is 78.9 Å². The van der Waals surface area contributed by atoms with E-state index in [1.54, 1.807) is 44.2 Å². The molecule has 206 valence electrons. The Morgan fingerprint density at radius 3 is 2.44 bits per heavy atom. The SMILES string of the molecule is C[C@H](O)[C@]1(C)C[C@H](COCc2ccccc2)OC[C@@]1(NC(=S)NC(=O)c1ccccc1)c1ccc(F)cc1F. The van der Waals surface area contributed by atoms with Crippen molar-refractivity contribution in [2.45, 2.75) is 44.6 Å². The fourth-order valence-corrected chi connectivity index (χ4v) is 5.35. The molecule has 1 fully saturated rings. The van der Waals surface area contributed by atoms with Crippen LogP contribution in [0.4, 0.5) is 8.78 Å². The van der Waals surface area contributed by atoms with Crippen molar-refractivity contribution in [3.05, 3.63) is 107 Å². The van der Waals surface area contributed by atoms with Gasteiger partial charge in [0.05, 0.1) is 37.6 Å². The van der Waals surface area contributed by atoms with Crippen molar-refractivity contribution in [2.24, 2.45) is 5.41 Å². The van der Waals surface area contributed by atoms with Crippen LogP contribution < -0.4 is 10.6 Å². The number of nitrogens with one attached hydrogen (secondary N) is 2. The van der Waals surface area contributed by atoms with Crippen LogP contribution in [0.25, 0.3) is 0 Å². The van der Waals surface area contributed by atoms with Crippen LogP contribution in [0.3, 0.4) is 0 Å². The van der Waals surface area contributed by atoms with Crippen LogP contribution in [0.2, 0.25) is 0 Å². The zero-order chi connectivity index (χ0) is 28.0. The fraction of sp³-hybridized carbons (Fsp3) is 0.333. The van der Waals surface area contributed by atoms with Gasteiger partial charge in [-0.2, -0.15) is 0 Å². The molecule has 1 heterocycles. The number of ether oxygens (including phenoxy) is 2. The lowest BCUT2D eigenvalue weighted by molar-refractivity contribution is -0.167. The van der Waals surface area contributed by atoms with Crippen LogP contribution >= 0.6 is 12.2 Å². The Hall–Kier alpha value is -3.24. The molecule has 1 saturated heterocycles. The molecule has 6 nitrogen and oxygen atoms in total. The Morgan fingerprint density at radius 2 is 1.79 bits per heavy atom. The predicted molar refractivity (Wildman–Crippen MR) is 148 cm³/mol. The molecule has 3 N–H and O–H groups in total. The minimum Gasteiger partial charge on any atom is -0.393 e. The first-order valence-electron chi connectivity index (χ1n) is 12.7. The summed E-state index contributed by atoms with van der Waals surface area (Å²) in [5.74, 6) is -2.02. The second kappa shape index (κ2) is 12.3. The summed E-state index contributed by atoms with van der Waals surface area (Å²) < 4.78 is 41.4. The molecule has 0 aliphatic carbocycles. The van der Waals surface area contributed by atoms with E-state index in [2.05, 4.69) is 10.6 Å². The monoisotopic (exact) mass is 554 g/mol. The van der Waals surface area contributed by atoms with E-state index in [1.807, 2.05) is 30.3 Å². The maximum atomic E-state index is 15.4. The molecule has 1 aliphatic rings. The summed E-state index contributed by atoms with van der Waals surface area (Å²) in [7, 11) is 0. The molecular weight excluding hydrogens is 522 g/mol. The average Bonchev–Trinajstić information content (AvgIpc) is 2.91. The molecule has 39 heavy (non-hydrogen) atoms. The number of aliphatic hydroxyl groups is 1. The standard InChI is InChI=1S/C30H32F2N2O4S/c1-20(35)29(2)16-24(18-37-17-21-9-5-3-6-10-21)38-19-30(29,25-14-13-23(31)15-26(25)32)34-28(39)33-27(36)22-11-7-4-8-12-22/h3-15,20,24,35H,16-19H2,1-2H3,(H2,33,34,36,39)/t20-,24+,29-,30+/m0/s1. The number of amides is 1. The van der Waals surface area contributed by atoms with Gasteiger partial charge in [-0.25, -0.2) is 8.78 Å². The van der Waals surface area contributed by atoms with Crippen LogP contribution in [0.5, 0.6) is 0 Å². The smallest absolute Gasteiger partial charge is 0.257 e. The number of aliphatic hydroxyl groups excluding tert-OH is 1. The highest BCUT2D eigenvalue weighted by Gasteiger charge is 2.58. The molecule has 0 bridgehead atoms. The van der Waals surface area contributed by atoms with Crippen LogP contribution in [0, 0.1) is 17.0 Å². The summed E-state index contributed by atoms with van der Waals surface area (Å²) in [6, 6.07) is 21.4. The first-order chi connectivity index (χ1) is 18.6. The molecule has 1 aliphatic heterocycles. The summed E-state index contributed by atoms with van der Waals surface area (Å²) in [6.07, 6.45) is -1.14. The molecule has 0 radical (unpaired) electrons. The van der Waals surface area contributed by atoms with E-state index in [9.17, 15) is 14.3 Å². The quantitative estimate of drug-likeness (QED) is 0.346. The van der Waals surface area contributed by atoms with Crippen molar-refractivity contribution in [1.82, 2.24) is 10.6 Å². The number of hydrogen-bond acceptors (Lipinski definition) is 5. The maximum Gasteiger partial charge on any atom is 0.257 e. The Kier molecular flexibility index (Phi) is 9.07. The topological polar surface area (TPSA) is 79.8 Å². The number of thiocarbonyl (C=S) groups is 1. The Bertz CT molecular complexity index is 1290. The van der Waals surface area contributed by atoms with Gasteiger partial charge in [-0.15, -0.1) is 0 Å². The number of benzene rings is 3. The van der Waals surface area contributed by atoms with Crippen LogP contribution in [-0.4, -0.2) is 41.5 Å². The molecule has 0 unspecified atom stereocenters. The lowest BCUT2D eigenvalue weighted by Crippen LogP contribution is -2.68. The Morgan fingerprint density at radius 1 is 1.13 bits per heavy atom. The van der Waals surface area contributed by atoms with Gasteiger partial charge in [-0.3, -0.25) is 10.1 Å². The van der Waals surface area contributed by atoms with E-state index in [-0.39, 0.29) is 30.3 Å². The van der Waals surface area contributed by atoms with Crippen molar-refractivity contribution >= 4 is 23.2 Å². The van der Waals surface area contributed by atoms with Gasteiger partial charge in [0, 0.05) is 22.6 Å². The summed E-state index contributed by atoms with van der Waals surface area (Å²) in [4.78, 5) is 12.8. The van der Waals surface area contributed by atoms with Crippen molar-refractivity contribution in [3.8, 4) is 0 Å². The summed E-state index contributed by atoms with van der Waals surface area (Å²) in [6.45, 7) is 3.90. The predicted octanol–water partition coefficient (Wildman–Crippen LogP) is 4.86. The number of hydrogen-bond donors (Lipinski definition) is 3. The average molecular weight is 555 g/mol. The Balaban J connectivity index is 1.61. The zero-order valence-electron chi connectivity index (χ0n) is 21.8. The zero-order valence-corrected chi connectivity index (χ0v) is 22.6. The van der Waals surface area contributed by atoms with Gasteiger partial charge < -0.3 is 19.9 Å². The third-order valence-electron chi connectivity index (χ3n) is 7.48. The van der Waals surface area contributed by atoms with Crippen molar-refractivity contribution in [3.63, 3.8) is 0 Å². The normalized spacial score (nSPS) is 23.6. The van der Waals surface area contributed by atoms with Gasteiger partial charge in [0.2, 0.25) is 0 Å². The molecular formula is C30H32F2N2O4S. The molecule has 3 aromatic carbocycles. The molecule has 3 aromatic rings. The van der Waals surface area contributed by atoms with Gasteiger partial charge in [0.15, 0.2) is 5.11 Å². The summed E-state index contributed by atoms with van der Waals surface area (Å²) in [5, 5.41) is 16.8. The second-order valence-electron chi connectivity index (χ2n) is 10.0. The van der Waals surface area contributed by atoms with Gasteiger partial charge in [-0.1, -0.05) is 61.5 Å². The van der Waals surface area contributed by atoms with E-state index in [1.165, 1.54) is 6.07 Å². The lowest BCUT2D eigenvalue weighted by Gasteiger charge is -2.55. The summed E-state index contributed by atoms with van der Waals surface area (Å²) in [5.41, 5.74) is -1.07. The number of rotatable bonds is 8. The first-order valence-corrected chi connectivity index (χ1v) is 13.1. The number of carbonyl (C=O) groups excluding carboxylic acids is 1. The minimum atomic E-state index is -1.45. The molecule has 0 spiro atoms. The number of halogens is 2. The van der Waals surface area contributed by atoms with Gasteiger partial charge >= 0.3 is 0 Å². The molecule has 4 rings (SSSR count). The molecule has 0 aromatic heterocycles. The number of carbonyl (C=O) groups is 1. The molecule has 0 saturated carbocycles. The third-order valence-corrected chi connectivity index (χ3v) is 7.68. The van der Waals surface area contributed by atoms with Crippen LogP contribution in [-0.2, 0) is 21.6 Å². The van der Waals surface area contributed by atoms with Crippen molar-refractivity contribution < 1.29 is 28.2 Å². The van der Waals surface area contributed by atoms with Crippen LogP contribution in [0.1, 0.15) is 41.8 Å². The highest BCUT2D eigenvalue weighted by molar-refractivity contribution is 7.80. The molecule has 1 amide bonds. The minimum absolute atomic E-state index is 0.0623. The maximum absolute atomic E-state index is 15.4. The third kappa shape index (κ3) is 6.33. The lowest BCUT2D eigenvalue weighted by atomic mass is 9.60. The van der Waals surface area contributed by atoms with E-state index < -0.39 is 40.7 Å². The fourth-order valence-electron chi connectivity index (χ4n) is 5.09. The molecule has 9 heteroatoms. The first kappa shape index (κ1) is 28.8. The van der Waals surface area contributed by atoms with E-state index >= 15 is 4.39 Å². The van der Waals surface area contributed by atoms with Gasteiger partial charge in [0.25, 0.3) is 5.91 Å². The van der Waals surface area contributed by atoms with Gasteiger partial charge in [0.1, 0.15) is 11.6 Å². The second-order valence-corrected chi connectivity index (χ2v) is 10.4. The van der Waals surface area contributed by atoms with E-state index in [0.29, 0.717) is 12.2 Å². The molecule has 4 atom stereocenters. The van der Waals surface area contributed by atoms with E-state index in [0.717, 1.165) is 17.7 Å². The van der Waals surface area contributed by atoms with Crippen molar-refractivity contribution in [1.29, 1.82) is 0 Å². The largest absolute Gasteiger partial charge is 0.393 e. The van der Waals surface area contributed by atoms with Crippen molar-refractivity contribution in [2.75, 3.05) is 13.2 Å². The highest BCUT2D eigenvalue weighted by atomic mass is 32.1. The summed E-state index contributed by atoms with van der Waals surface area (Å²) >= 11 is 5.49.